The highest BCUT2D eigenvalue weighted by Crippen LogP contribution is 2.21. The number of hydrogen-bond donors (Lipinski definition) is 4. The Bertz CT molecular complexity index is 1260. The Morgan fingerprint density at radius 3 is 2.29 bits per heavy atom. The predicted octanol–water partition coefficient (Wildman–Crippen LogP) is -0.671. The van der Waals surface area contributed by atoms with E-state index in [4.69, 9.17) is 18.7 Å². The third-order valence-electron chi connectivity index (χ3n) is 3.91. The lowest BCUT2D eigenvalue weighted by molar-refractivity contribution is -0.179. The molecule has 196 valence electrons. The van der Waals surface area contributed by atoms with E-state index in [9.17, 15) is 31.2 Å². The Morgan fingerprint density at radius 2 is 1.80 bits per heavy atom. The lowest BCUT2D eigenvalue weighted by Gasteiger charge is -2.35. The highest BCUT2D eigenvalue weighted by Gasteiger charge is 2.45. The monoisotopic (exact) mass is 557 g/mol. The first-order valence-corrected chi connectivity index (χ1v) is 13.2. The number of nitrogens with zero attached hydrogens (tertiary/aromatic N) is 3. The van der Waals surface area contributed by atoms with Crippen molar-refractivity contribution in [2.75, 3.05) is 11.3 Å². The lowest BCUT2D eigenvalue weighted by atomic mass is 10.1. The van der Waals surface area contributed by atoms with E-state index >= 15 is 0 Å². The van der Waals surface area contributed by atoms with Crippen LogP contribution in [0.1, 0.15) is 40.3 Å². The molecular weight excluding hydrogens is 534 g/mol. The molecule has 19 heteroatoms. The maximum absolute atomic E-state index is 12.8. The van der Waals surface area contributed by atoms with E-state index in [1.807, 2.05) is 0 Å². The topological polar surface area (TPSA) is 231 Å². The van der Waals surface area contributed by atoms with Crippen molar-refractivity contribution in [2.45, 2.75) is 51.9 Å². The molecule has 1 aliphatic heterocycles. The van der Waals surface area contributed by atoms with Gasteiger partial charge in [0.25, 0.3) is 11.8 Å². The van der Waals surface area contributed by atoms with Gasteiger partial charge in [0.2, 0.25) is 5.60 Å². The highest BCUT2D eigenvalue weighted by molar-refractivity contribution is 7.87. The van der Waals surface area contributed by atoms with E-state index in [-0.39, 0.29) is 15.1 Å². The van der Waals surface area contributed by atoms with Gasteiger partial charge in [-0.1, -0.05) is 5.16 Å². The highest BCUT2D eigenvalue weighted by atomic mass is 32.2. The number of β-lactam (4-membered cyclic amide) rings is 1. The Hall–Kier alpha value is -2.87. The molecule has 1 aliphatic rings. The van der Waals surface area contributed by atoms with Gasteiger partial charge in [0, 0.05) is 5.38 Å². The average Bonchev–Trinajstić information content (AvgIpc) is 3.08. The maximum Gasteiger partial charge on any atom is 0.362 e. The molecular formula is C16H23N5O11S3. The van der Waals surface area contributed by atoms with E-state index in [1.54, 1.807) is 25.5 Å². The summed E-state index contributed by atoms with van der Waals surface area (Å²) in [6.07, 6.45) is 0. The second-order valence-electron chi connectivity index (χ2n) is 8.53. The molecule has 1 fully saturated rings. The summed E-state index contributed by atoms with van der Waals surface area (Å²) < 4.78 is 69.1. The van der Waals surface area contributed by atoms with Crippen LogP contribution in [-0.2, 0) is 44.6 Å². The molecule has 0 spiro atoms. The number of esters is 1. The number of thiazole rings is 1. The molecule has 0 bridgehead atoms. The number of rotatable bonds is 9. The van der Waals surface area contributed by atoms with E-state index in [2.05, 4.69) is 15.5 Å². The molecule has 16 nitrogen and oxygen atoms in total. The molecule has 0 saturated carbocycles. The zero-order valence-electron chi connectivity index (χ0n) is 19.0. The van der Waals surface area contributed by atoms with Gasteiger partial charge in [0.15, 0.2) is 10.8 Å². The van der Waals surface area contributed by atoms with Crippen molar-refractivity contribution >= 4 is 60.6 Å². The van der Waals surface area contributed by atoms with Crippen LogP contribution in [0.15, 0.2) is 10.5 Å². The van der Waals surface area contributed by atoms with Gasteiger partial charge in [-0.05, 0) is 34.6 Å². The summed E-state index contributed by atoms with van der Waals surface area (Å²) in [4.78, 5) is 46.2. The molecule has 4 N–H and O–H groups in total. The zero-order valence-corrected chi connectivity index (χ0v) is 21.4. The van der Waals surface area contributed by atoms with Gasteiger partial charge in [-0.25, -0.2) is 18.8 Å². The van der Waals surface area contributed by atoms with Crippen molar-refractivity contribution in [3.63, 3.8) is 0 Å². The molecule has 0 aliphatic carbocycles. The number of aromatic nitrogens is 1. The largest absolute Gasteiger partial charge is 0.457 e. The fourth-order valence-corrected chi connectivity index (χ4v) is 4.28. The first-order valence-electron chi connectivity index (χ1n) is 9.50. The Morgan fingerprint density at radius 1 is 1.20 bits per heavy atom. The SMILES string of the molecule is CC(C)(C)OC(=O)C(C)(C)ON=C(C(=O)NC1CN(S(=O)(=O)O)C1=O)c1csc(NS(=O)(=O)O)n1. The summed E-state index contributed by atoms with van der Waals surface area (Å²) >= 11 is 0.656. The van der Waals surface area contributed by atoms with Crippen LogP contribution in [-0.4, -0.2) is 82.5 Å². The summed E-state index contributed by atoms with van der Waals surface area (Å²) in [6, 6.07) is -1.34. The number of ether oxygens (including phenoxy) is 1. The molecule has 1 atom stereocenters. The van der Waals surface area contributed by atoms with Gasteiger partial charge in [-0.3, -0.25) is 18.7 Å². The zero-order chi connectivity index (χ0) is 27.0. The molecule has 1 unspecified atom stereocenters. The summed E-state index contributed by atoms with van der Waals surface area (Å²) in [7, 11) is -9.48. The van der Waals surface area contributed by atoms with Crippen molar-refractivity contribution in [1.29, 1.82) is 0 Å². The second kappa shape index (κ2) is 9.64. The molecule has 35 heavy (non-hydrogen) atoms. The van der Waals surface area contributed by atoms with E-state index < -0.39 is 67.9 Å². The summed E-state index contributed by atoms with van der Waals surface area (Å²) in [5.74, 6) is -3.07. The van der Waals surface area contributed by atoms with E-state index in [0.29, 0.717) is 11.3 Å². The second-order valence-corrected chi connectivity index (χ2v) is 11.9. The van der Waals surface area contributed by atoms with Crippen LogP contribution < -0.4 is 10.0 Å². The fourth-order valence-electron chi connectivity index (χ4n) is 2.28. The average molecular weight is 558 g/mol. The van der Waals surface area contributed by atoms with E-state index in [0.717, 1.165) is 5.38 Å². The van der Waals surface area contributed by atoms with Crippen LogP contribution in [0.25, 0.3) is 0 Å². The van der Waals surface area contributed by atoms with Crippen molar-refractivity contribution in [1.82, 2.24) is 14.6 Å². The molecule has 2 amide bonds. The minimum Gasteiger partial charge on any atom is -0.457 e. The minimum absolute atomic E-state index is 0.119. The van der Waals surface area contributed by atoms with Crippen LogP contribution >= 0.6 is 11.3 Å². The number of carbonyl (C=O) groups is 3. The third-order valence-corrected chi connectivity index (χ3v) is 6.13. The van der Waals surface area contributed by atoms with Crippen LogP contribution in [0.2, 0.25) is 0 Å². The number of anilines is 1. The number of amides is 2. The molecule has 0 radical (unpaired) electrons. The summed E-state index contributed by atoms with van der Waals surface area (Å²) in [6.45, 7) is 6.89. The van der Waals surface area contributed by atoms with Crippen LogP contribution in [0, 0.1) is 0 Å². The van der Waals surface area contributed by atoms with Gasteiger partial charge < -0.3 is 14.9 Å². The molecule has 1 aromatic rings. The van der Waals surface area contributed by atoms with Crippen LogP contribution in [0.3, 0.4) is 0 Å². The van der Waals surface area contributed by atoms with E-state index in [1.165, 1.54) is 13.8 Å². The third kappa shape index (κ3) is 7.82. The Kier molecular flexibility index (Phi) is 7.82. The maximum atomic E-state index is 12.8. The van der Waals surface area contributed by atoms with Crippen molar-refractivity contribution in [3.8, 4) is 0 Å². The lowest BCUT2D eigenvalue weighted by Crippen LogP contribution is -2.65. The van der Waals surface area contributed by atoms with Crippen molar-refractivity contribution < 1.29 is 49.9 Å². The quantitative estimate of drug-likeness (QED) is 0.0973. The number of oxime groups is 1. The van der Waals surface area contributed by atoms with Crippen molar-refractivity contribution in [3.05, 3.63) is 11.1 Å². The fraction of sp³-hybridized carbons (Fsp3) is 0.562. The van der Waals surface area contributed by atoms with Gasteiger partial charge in [-0.2, -0.15) is 16.8 Å². The van der Waals surface area contributed by atoms with Gasteiger partial charge in [-0.15, -0.1) is 11.3 Å². The molecule has 0 aromatic carbocycles. The molecule has 1 saturated heterocycles. The first-order chi connectivity index (χ1) is 15.7. The van der Waals surface area contributed by atoms with Gasteiger partial charge in [0.05, 0.1) is 6.54 Å². The Balaban J connectivity index is 2.32. The Labute approximate surface area is 204 Å². The number of nitrogens with one attached hydrogen (secondary N) is 2. The summed E-state index contributed by atoms with van der Waals surface area (Å²) in [5.41, 5.74) is -3.48. The molecule has 2 rings (SSSR count). The standard InChI is InChI=1S/C16H23N5O11S3/c1-15(2,3)31-13(24)16(4,5)32-19-10(9-7-33-14(18-9)20-34(25,26)27)11(22)17-8-6-21(12(8)23)35(28,29)30/h7-8H,6H2,1-5H3,(H,17,22)(H,18,20)(H,25,26,27)(H,28,29,30). The smallest absolute Gasteiger partial charge is 0.362 e. The van der Waals surface area contributed by atoms with Crippen molar-refractivity contribution in [2.24, 2.45) is 5.16 Å². The molecule has 1 aromatic heterocycles. The molecule has 2 heterocycles. The van der Waals surface area contributed by atoms with Crippen LogP contribution in [0.5, 0.6) is 0 Å². The van der Waals surface area contributed by atoms with Gasteiger partial charge >= 0.3 is 26.6 Å². The number of hydrogen-bond acceptors (Lipinski definition) is 12. The first kappa shape index (κ1) is 28.4. The number of carbonyl (C=O) groups excluding carboxylic acids is 3. The summed E-state index contributed by atoms with van der Waals surface area (Å²) in [5, 5.41) is 6.62. The minimum atomic E-state index is -4.80. The predicted molar refractivity (Wildman–Crippen MR) is 120 cm³/mol. The normalized spacial score (nSPS) is 17.5. The van der Waals surface area contributed by atoms with Gasteiger partial charge in [0.1, 0.15) is 17.3 Å². The van der Waals surface area contributed by atoms with Crippen LogP contribution in [0.4, 0.5) is 5.13 Å².